The molecule has 1 aromatic heterocycles. The minimum Gasteiger partial charge on any atom is -0.508 e. The van der Waals surface area contributed by atoms with Crippen LogP contribution in [0.15, 0.2) is 24.4 Å². The third-order valence-corrected chi connectivity index (χ3v) is 2.04. The second-order valence-electron chi connectivity index (χ2n) is 3.14. The van der Waals surface area contributed by atoms with Gasteiger partial charge in [-0.2, -0.15) is 0 Å². The van der Waals surface area contributed by atoms with Crippen LogP contribution in [0, 0.1) is 0 Å². The molecule has 0 atom stereocenters. The van der Waals surface area contributed by atoms with Crippen molar-refractivity contribution in [3.63, 3.8) is 0 Å². The van der Waals surface area contributed by atoms with Crippen molar-refractivity contribution >= 4 is 16.8 Å². The second-order valence-corrected chi connectivity index (χ2v) is 3.14. The fourth-order valence-electron chi connectivity index (χ4n) is 1.37. The SMILES string of the molecule is [2H]C([2H])([2H])C(=O)NC([2H])([2H])C([2H])([2H])c1c[nH]c2ccc(O)cc12. The molecule has 3 N–H and O–H groups in total. The number of phenolic OH excluding ortho intramolecular Hbond substituents is 1. The third kappa shape index (κ3) is 2.16. The van der Waals surface area contributed by atoms with Crippen molar-refractivity contribution in [1.29, 1.82) is 0 Å². The molecule has 2 rings (SSSR count). The van der Waals surface area contributed by atoms with Gasteiger partial charge in [0.15, 0.2) is 0 Å². The number of benzene rings is 1. The number of rotatable bonds is 3. The summed E-state index contributed by atoms with van der Waals surface area (Å²) in [6, 6.07) is 4.12. The molecule has 0 spiro atoms. The number of fused-ring (bicyclic) bond motifs is 1. The zero-order valence-corrected chi connectivity index (χ0v) is 8.16. The number of aromatic hydroxyl groups is 1. The maximum absolute atomic E-state index is 11.5. The summed E-state index contributed by atoms with van der Waals surface area (Å²) in [6.07, 6.45) is -1.54. The summed E-state index contributed by atoms with van der Waals surface area (Å²) in [6.45, 7) is -6.08. The predicted molar refractivity (Wildman–Crippen MR) is 62.4 cm³/mol. The topological polar surface area (TPSA) is 65.1 Å². The number of aromatic amines is 1. The molecule has 0 radical (unpaired) electrons. The molecule has 4 nitrogen and oxygen atoms in total. The number of phenols is 1. The van der Waals surface area contributed by atoms with Crippen LogP contribution in [0.2, 0.25) is 0 Å². The van der Waals surface area contributed by atoms with E-state index in [1.165, 1.54) is 24.4 Å². The van der Waals surface area contributed by atoms with Crippen LogP contribution in [-0.2, 0) is 11.2 Å². The third-order valence-electron chi connectivity index (χ3n) is 2.04. The lowest BCUT2D eigenvalue weighted by atomic mass is 10.1. The van der Waals surface area contributed by atoms with E-state index in [-0.39, 0.29) is 16.7 Å². The van der Waals surface area contributed by atoms with Gasteiger partial charge in [0.1, 0.15) is 5.75 Å². The lowest BCUT2D eigenvalue weighted by molar-refractivity contribution is -0.118. The highest BCUT2D eigenvalue weighted by molar-refractivity contribution is 5.84. The van der Waals surface area contributed by atoms with Gasteiger partial charge in [-0.25, -0.2) is 0 Å². The van der Waals surface area contributed by atoms with E-state index in [4.69, 9.17) is 9.60 Å². The Hall–Kier alpha value is -1.97. The minimum atomic E-state index is -3.10. The van der Waals surface area contributed by atoms with Gasteiger partial charge in [-0.15, -0.1) is 0 Å². The van der Waals surface area contributed by atoms with Crippen LogP contribution in [0.3, 0.4) is 0 Å². The van der Waals surface area contributed by atoms with Gasteiger partial charge in [0.05, 0.1) is 0 Å². The maximum atomic E-state index is 11.5. The number of amides is 1. The highest BCUT2D eigenvalue weighted by Crippen LogP contribution is 2.22. The summed E-state index contributed by atoms with van der Waals surface area (Å²) < 4.78 is 52.5. The number of aromatic nitrogens is 1. The molecule has 0 saturated heterocycles. The molecular formula is C12H14N2O2. The molecule has 84 valence electrons. The smallest absolute Gasteiger partial charge is 0.216 e. The van der Waals surface area contributed by atoms with Gasteiger partial charge in [0.25, 0.3) is 0 Å². The van der Waals surface area contributed by atoms with Crippen LogP contribution in [0.25, 0.3) is 10.9 Å². The molecule has 0 fully saturated rings. The summed E-state index contributed by atoms with van der Waals surface area (Å²) >= 11 is 0. The molecule has 1 amide bonds. The Bertz CT molecular complexity index is 751. The Morgan fingerprint density at radius 3 is 3.38 bits per heavy atom. The van der Waals surface area contributed by atoms with Gasteiger partial charge in [-0.3, -0.25) is 4.79 Å². The predicted octanol–water partition coefficient (Wildman–Crippen LogP) is 1.55. The van der Waals surface area contributed by atoms with Crippen LogP contribution in [0.1, 0.15) is 22.0 Å². The van der Waals surface area contributed by atoms with E-state index in [0.717, 1.165) is 0 Å². The van der Waals surface area contributed by atoms with Crippen molar-refractivity contribution in [2.75, 3.05) is 6.50 Å². The fraction of sp³-hybridized carbons (Fsp3) is 0.250. The summed E-state index contributed by atoms with van der Waals surface area (Å²) in [5.74, 6) is -1.73. The Labute approximate surface area is 103 Å². The van der Waals surface area contributed by atoms with Crippen molar-refractivity contribution in [1.82, 2.24) is 10.3 Å². The lowest BCUT2D eigenvalue weighted by Gasteiger charge is -2.01. The number of carbonyl (C=O) groups excluding carboxylic acids is 1. The van der Waals surface area contributed by atoms with E-state index in [0.29, 0.717) is 5.52 Å². The van der Waals surface area contributed by atoms with E-state index >= 15 is 0 Å². The van der Waals surface area contributed by atoms with Crippen molar-refractivity contribution in [3.8, 4) is 5.75 Å². The highest BCUT2D eigenvalue weighted by Gasteiger charge is 2.04. The molecule has 16 heavy (non-hydrogen) atoms. The van der Waals surface area contributed by atoms with E-state index in [2.05, 4.69) is 4.98 Å². The average molecular weight is 225 g/mol. The zero-order chi connectivity index (χ0) is 17.6. The molecule has 1 aromatic carbocycles. The van der Waals surface area contributed by atoms with Crippen LogP contribution >= 0.6 is 0 Å². The van der Waals surface area contributed by atoms with Gasteiger partial charge < -0.3 is 15.4 Å². The number of hydrogen-bond donors (Lipinski definition) is 3. The molecule has 0 bridgehead atoms. The van der Waals surface area contributed by atoms with Crippen molar-refractivity contribution in [2.45, 2.75) is 13.2 Å². The molecule has 1 heterocycles. The first kappa shape index (κ1) is 4.91. The number of hydrogen-bond acceptors (Lipinski definition) is 2. The van der Waals surface area contributed by atoms with Crippen LogP contribution < -0.4 is 5.32 Å². The second kappa shape index (κ2) is 4.26. The van der Waals surface area contributed by atoms with Crippen LogP contribution in [-0.4, -0.2) is 22.5 Å². The maximum Gasteiger partial charge on any atom is 0.216 e. The quantitative estimate of drug-likeness (QED) is 0.742. The molecular weight excluding hydrogens is 204 g/mol. The average Bonchev–Trinajstić information content (AvgIpc) is 2.80. The van der Waals surface area contributed by atoms with E-state index in [1.54, 1.807) is 5.32 Å². The highest BCUT2D eigenvalue weighted by atomic mass is 16.3. The van der Waals surface area contributed by atoms with Crippen molar-refractivity contribution < 1.29 is 19.5 Å². The van der Waals surface area contributed by atoms with Crippen molar-refractivity contribution in [2.24, 2.45) is 0 Å². The summed E-state index contributed by atoms with van der Waals surface area (Å²) in [5, 5.41) is 11.3. The first-order valence-electron chi connectivity index (χ1n) is 7.99. The molecule has 0 aliphatic carbocycles. The standard InChI is InChI=1S/C12H14N2O2/c1-8(15)13-5-4-9-7-14-12-3-2-10(16)6-11(9)12/h2-3,6-7,14,16H,4-5H2,1H3,(H,13,15)/i1D3,4D2,5D2. The number of carbonyl (C=O) groups is 1. The van der Waals surface area contributed by atoms with Gasteiger partial charge >= 0.3 is 0 Å². The number of aryl methyl sites for hydroxylation is 1. The molecule has 0 unspecified atom stereocenters. The molecule has 0 saturated carbocycles. The van der Waals surface area contributed by atoms with E-state index in [9.17, 15) is 9.90 Å². The Balaban J connectivity index is 2.46. The first-order chi connectivity index (χ1) is 10.4. The summed E-state index contributed by atoms with van der Waals surface area (Å²) in [5.41, 5.74) is 0.305. The number of H-pyrrole nitrogens is 1. The molecule has 2 aromatic rings. The van der Waals surface area contributed by atoms with E-state index in [1.807, 2.05) is 0 Å². The van der Waals surface area contributed by atoms with Gasteiger partial charge in [0, 0.05) is 40.0 Å². The Kier molecular flexibility index (Phi) is 1.31. The van der Waals surface area contributed by atoms with Crippen molar-refractivity contribution in [3.05, 3.63) is 30.0 Å². The molecule has 0 aliphatic rings. The first-order valence-corrected chi connectivity index (χ1v) is 4.49. The minimum absolute atomic E-state index is 0.138. The monoisotopic (exact) mass is 225 g/mol. The molecule has 4 heteroatoms. The number of nitrogens with one attached hydrogen (secondary N) is 2. The Morgan fingerprint density at radius 2 is 2.56 bits per heavy atom. The van der Waals surface area contributed by atoms with Gasteiger partial charge in [-0.1, -0.05) is 0 Å². The van der Waals surface area contributed by atoms with E-state index < -0.39 is 25.6 Å². The Morgan fingerprint density at radius 1 is 1.69 bits per heavy atom. The lowest BCUT2D eigenvalue weighted by Crippen LogP contribution is -2.22. The largest absolute Gasteiger partial charge is 0.508 e. The summed E-state index contributed by atoms with van der Waals surface area (Å²) in [7, 11) is 0. The van der Waals surface area contributed by atoms with Gasteiger partial charge in [-0.05, 0) is 30.1 Å². The zero-order valence-electron chi connectivity index (χ0n) is 15.2. The molecule has 0 aliphatic heterocycles. The normalized spacial score (nSPS) is 19.6. The van der Waals surface area contributed by atoms with Crippen LogP contribution in [0.4, 0.5) is 0 Å². The van der Waals surface area contributed by atoms with Crippen LogP contribution in [0.5, 0.6) is 5.75 Å². The van der Waals surface area contributed by atoms with Gasteiger partial charge in [0.2, 0.25) is 5.91 Å². The fourth-order valence-corrected chi connectivity index (χ4v) is 1.37. The summed E-state index contributed by atoms with van der Waals surface area (Å²) in [4.78, 5) is 14.2.